The number of nitrogens with one attached hydrogen (secondary N) is 2. The van der Waals surface area contributed by atoms with E-state index >= 15 is 0 Å². The van der Waals surface area contributed by atoms with Crippen LogP contribution in [0.1, 0.15) is 31.1 Å². The zero-order valence-electron chi connectivity index (χ0n) is 13.6. The normalized spacial score (nSPS) is 16.4. The van der Waals surface area contributed by atoms with Crippen molar-refractivity contribution in [2.45, 2.75) is 32.5 Å². The second kappa shape index (κ2) is 6.72. The Morgan fingerprint density at radius 2 is 2.22 bits per heavy atom. The van der Waals surface area contributed by atoms with E-state index in [2.05, 4.69) is 20.4 Å². The lowest BCUT2D eigenvalue weighted by Crippen LogP contribution is -2.43. The van der Waals surface area contributed by atoms with Gasteiger partial charge in [-0.3, -0.25) is 0 Å². The van der Waals surface area contributed by atoms with Gasteiger partial charge in [-0.15, -0.1) is 0 Å². The van der Waals surface area contributed by atoms with Gasteiger partial charge in [-0.05, 0) is 26.8 Å². The third-order valence-corrected chi connectivity index (χ3v) is 2.94. The molecule has 0 spiro atoms. The van der Waals surface area contributed by atoms with Crippen LogP contribution in [0.5, 0.6) is 5.88 Å². The summed E-state index contributed by atoms with van der Waals surface area (Å²) in [6.07, 6.45) is 0.600. The van der Waals surface area contributed by atoms with Gasteiger partial charge in [0, 0.05) is 6.20 Å². The molecule has 126 valence electrons. The highest BCUT2D eigenvalue weighted by Gasteiger charge is 2.23. The number of methoxy groups -OCH3 is 1. The van der Waals surface area contributed by atoms with E-state index in [4.69, 9.17) is 9.47 Å². The fourth-order valence-electron chi connectivity index (χ4n) is 1.95. The molecule has 0 fully saturated rings. The Morgan fingerprint density at radius 3 is 2.87 bits per heavy atom. The molecule has 0 aromatic carbocycles. The van der Waals surface area contributed by atoms with Crippen molar-refractivity contribution in [2.75, 3.05) is 25.5 Å². The molecule has 1 aromatic heterocycles. The number of carbonyl (C=O) groups excluding carboxylic acids is 2. The Balaban J connectivity index is 1.91. The molecule has 23 heavy (non-hydrogen) atoms. The molecule has 1 atom stereocenters. The van der Waals surface area contributed by atoms with Gasteiger partial charge in [-0.25, -0.2) is 14.6 Å². The second-order valence-corrected chi connectivity index (χ2v) is 6.07. The summed E-state index contributed by atoms with van der Waals surface area (Å²) in [4.78, 5) is 27.2. The van der Waals surface area contributed by atoms with Crippen molar-refractivity contribution in [3.8, 4) is 5.88 Å². The number of nitrogens with zero attached hydrogens (tertiary/aromatic N) is 1. The van der Waals surface area contributed by atoms with Crippen LogP contribution in [0.4, 0.5) is 10.5 Å². The van der Waals surface area contributed by atoms with E-state index in [0.717, 1.165) is 0 Å². The Labute approximate surface area is 134 Å². The number of carbonyl (C=O) groups is 2. The number of esters is 1. The van der Waals surface area contributed by atoms with Crippen LogP contribution in [0.3, 0.4) is 0 Å². The smallest absolute Gasteiger partial charge is 0.407 e. The van der Waals surface area contributed by atoms with Crippen LogP contribution < -0.4 is 15.4 Å². The maximum Gasteiger partial charge on any atom is 0.407 e. The number of anilines is 1. The Bertz CT molecular complexity index is 597. The van der Waals surface area contributed by atoms with Crippen molar-refractivity contribution in [2.24, 2.45) is 0 Å². The number of ether oxygens (including phenoxy) is 3. The van der Waals surface area contributed by atoms with Crippen molar-refractivity contribution in [1.29, 1.82) is 0 Å². The highest BCUT2D eigenvalue weighted by Crippen LogP contribution is 2.27. The first kappa shape index (κ1) is 16.9. The minimum absolute atomic E-state index is 0.280. The van der Waals surface area contributed by atoms with Crippen LogP contribution >= 0.6 is 0 Å². The topological polar surface area (TPSA) is 98.8 Å². The number of hydrogen-bond donors (Lipinski definition) is 2. The summed E-state index contributed by atoms with van der Waals surface area (Å²) in [6.45, 7) is 6.13. The van der Waals surface area contributed by atoms with Crippen molar-refractivity contribution < 1.29 is 23.8 Å². The van der Waals surface area contributed by atoms with Crippen molar-refractivity contribution in [1.82, 2.24) is 10.3 Å². The van der Waals surface area contributed by atoms with Gasteiger partial charge in [0.05, 0.1) is 31.5 Å². The van der Waals surface area contributed by atoms with Gasteiger partial charge in [-0.1, -0.05) is 0 Å². The maximum absolute atomic E-state index is 11.6. The standard InChI is InChI=1S/C15H21N3O5/c1-15(2,3)23-14(20)18-8-10-7-16-11-5-9(13(19)21-4)6-17-12(11)22-10/h5-6,10,16H,7-8H2,1-4H3,(H,18,20)/t10-/m0/s1. The largest absolute Gasteiger partial charge is 0.469 e. The number of alkyl carbamates (subject to hydrolysis) is 1. The zero-order valence-corrected chi connectivity index (χ0v) is 13.6. The number of rotatable bonds is 3. The molecular formula is C15H21N3O5. The van der Waals surface area contributed by atoms with Crippen molar-refractivity contribution in [3.05, 3.63) is 17.8 Å². The van der Waals surface area contributed by atoms with Crippen LogP contribution in [-0.2, 0) is 9.47 Å². The summed E-state index contributed by atoms with van der Waals surface area (Å²) in [6, 6.07) is 1.62. The third-order valence-electron chi connectivity index (χ3n) is 2.94. The van der Waals surface area contributed by atoms with Gasteiger partial charge in [0.25, 0.3) is 0 Å². The molecule has 2 N–H and O–H groups in total. The molecule has 1 aliphatic heterocycles. The van der Waals surface area contributed by atoms with E-state index < -0.39 is 17.7 Å². The predicted molar refractivity (Wildman–Crippen MR) is 82.7 cm³/mol. The molecule has 0 radical (unpaired) electrons. The molecule has 8 heteroatoms. The molecule has 1 amide bonds. The minimum atomic E-state index is -0.547. The molecule has 0 bridgehead atoms. The van der Waals surface area contributed by atoms with E-state index in [1.165, 1.54) is 13.3 Å². The molecule has 0 saturated carbocycles. The summed E-state index contributed by atoms with van der Waals surface area (Å²) in [5, 5.41) is 5.77. The average molecular weight is 323 g/mol. The highest BCUT2D eigenvalue weighted by molar-refractivity contribution is 5.90. The van der Waals surface area contributed by atoms with E-state index in [0.29, 0.717) is 23.7 Å². The Hall–Kier alpha value is -2.51. The maximum atomic E-state index is 11.6. The highest BCUT2D eigenvalue weighted by atomic mass is 16.6. The number of hydrogen-bond acceptors (Lipinski definition) is 7. The molecule has 0 unspecified atom stereocenters. The van der Waals surface area contributed by atoms with Crippen molar-refractivity contribution >= 4 is 17.7 Å². The number of pyridine rings is 1. The fraction of sp³-hybridized carbons (Fsp3) is 0.533. The molecule has 1 aromatic rings. The Kier molecular flexibility index (Phi) is 4.92. The van der Waals surface area contributed by atoms with E-state index in [1.54, 1.807) is 26.8 Å². The molecule has 0 aliphatic carbocycles. The molecule has 1 aliphatic rings. The number of amides is 1. The van der Waals surface area contributed by atoms with E-state index in [-0.39, 0.29) is 12.6 Å². The van der Waals surface area contributed by atoms with Crippen LogP contribution in [0, 0.1) is 0 Å². The monoisotopic (exact) mass is 323 g/mol. The molecule has 2 rings (SSSR count). The number of aromatic nitrogens is 1. The molecule has 0 saturated heterocycles. The zero-order chi connectivity index (χ0) is 17.0. The van der Waals surface area contributed by atoms with Gasteiger partial charge in [0.2, 0.25) is 5.88 Å². The summed E-state index contributed by atoms with van der Waals surface area (Å²) in [7, 11) is 1.31. The van der Waals surface area contributed by atoms with Gasteiger partial charge in [0.15, 0.2) is 0 Å². The summed E-state index contributed by atoms with van der Waals surface area (Å²) in [5.74, 6) is -0.0873. The van der Waals surface area contributed by atoms with Gasteiger partial charge in [0.1, 0.15) is 11.7 Å². The van der Waals surface area contributed by atoms with Crippen LogP contribution in [0.2, 0.25) is 0 Å². The van der Waals surface area contributed by atoms with Crippen LogP contribution in [0.25, 0.3) is 0 Å². The summed E-state index contributed by atoms with van der Waals surface area (Å²) < 4.78 is 15.5. The predicted octanol–water partition coefficient (Wildman–Crippen LogP) is 1.57. The quantitative estimate of drug-likeness (QED) is 0.814. The summed E-state index contributed by atoms with van der Waals surface area (Å²) in [5.41, 5.74) is 0.405. The van der Waals surface area contributed by atoms with Gasteiger partial charge < -0.3 is 24.8 Å². The first-order chi connectivity index (χ1) is 10.8. The number of fused-ring (bicyclic) bond motifs is 1. The van der Waals surface area contributed by atoms with Crippen molar-refractivity contribution in [3.63, 3.8) is 0 Å². The van der Waals surface area contributed by atoms with E-state index in [1.807, 2.05) is 0 Å². The second-order valence-electron chi connectivity index (χ2n) is 6.07. The fourth-order valence-corrected chi connectivity index (χ4v) is 1.95. The average Bonchev–Trinajstić information content (AvgIpc) is 2.49. The van der Waals surface area contributed by atoms with Crippen LogP contribution in [-0.4, -0.2) is 49.0 Å². The molecule has 8 nitrogen and oxygen atoms in total. The third kappa shape index (κ3) is 4.73. The first-order valence-corrected chi connectivity index (χ1v) is 7.24. The minimum Gasteiger partial charge on any atom is -0.469 e. The molecule has 2 heterocycles. The first-order valence-electron chi connectivity index (χ1n) is 7.24. The summed E-state index contributed by atoms with van der Waals surface area (Å²) >= 11 is 0. The lowest BCUT2D eigenvalue weighted by Gasteiger charge is -2.27. The lowest BCUT2D eigenvalue weighted by atomic mass is 10.2. The van der Waals surface area contributed by atoms with Gasteiger partial charge >= 0.3 is 12.1 Å². The van der Waals surface area contributed by atoms with Crippen LogP contribution in [0.15, 0.2) is 12.3 Å². The molecular weight excluding hydrogens is 302 g/mol. The SMILES string of the molecule is COC(=O)c1cnc2c(c1)NC[C@@H](CNC(=O)OC(C)(C)C)O2. The Morgan fingerprint density at radius 1 is 1.48 bits per heavy atom. The van der Waals surface area contributed by atoms with E-state index in [9.17, 15) is 9.59 Å². The lowest BCUT2D eigenvalue weighted by molar-refractivity contribution is 0.0499. The van der Waals surface area contributed by atoms with Gasteiger partial charge in [-0.2, -0.15) is 0 Å².